The monoisotopic (exact) mass is 440 g/mol. The summed E-state index contributed by atoms with van der Waals surface area (Å²) in [6.45, 7) is 0. The third-order valence-corrected chi connectivity index (χ3v) is 8.30. The molecule has 164 valence electrons. The molecule has 0 amide bonds. The van der Waals surface area contributed by atoms with E-state index in [4.69, 9.17) is 9.47 Å². The molecule has 0 heterocycles. The van der Waals surface area contributed by atoms with E-state index in [1.54, 1.807) is 14.2 Å². The van der Waals surface area contributed by atoms with Gasteiger partial charge < -0.3 is 19.7 Å². The third kappa shape index (κ3) is 1.75. The molecule has 0 aliphatic heterocycles. The fourth-order valence-corrected chi connectivity index (χ4v) is 7.06. The van der Waals surface area contributed by atoms with Crippen molar-refractivity contribution in [3.05, 3.63) is 92.5 Å². The second-order valence-corrected chi connectivity index (χ2v) is 9.40. The summed E-state index contributed by atoms with van der Waals surface area (Å²) in [4.78, 5) is 24.4. The van der Waals surface area contributed by atoms with Crippen molar-refractivity contribution in [3.63, 3.8) is 0 Å². The molecule has 33 heavy (non-hydrogen) atoms. The van der Waals surface area contributed by atoms with Crippen molar-refractivity contribution in [1.82, 2.24) is 0 Å². The smallest absolute Gasteiger partial charge is 0.321 e. The molecule has 3 aromatic carbocycles. The molecule has 2 atom stereocenters. The first-order chi connectivity index (χ1) is 15.9. The highest BCUT2D eigenvalue weighted by Crippen LogP contribution is 2.75. The van der Waals surface area contributed by atoms with E-state index >= 15 is 0 Å². The first-order valence-corrected chi connectivity index (χ1v) is 10.9. The Morgan fingerprint density at radius 2 is 1.42 bits per heavy atom. The molecule has 0 saturated heterocycles. The summed E-state index contributed by atoms with van der Waals surface area (Å²) < 4.78 is 12.0. The number of rotatable bonds is 4. The first-order valence-electron chi connectivity index (χ1n) is 10.9. The van der Waals surface area contributed by atoms with Gasteiger partial charge in [0.1, 0.15) is 11.5 Å². The Labute approximate surface area is 189 Å². The number of fused-ring (bicyclic) bond motifs is 1. The lowest BCUT2D eigenvalue weighted by atomic mass is 9.61. The molecule has 2 unspecified atom stereocenters. The van der Waals surface area contributed by atoms with Crippen LogP contribution >= 0.6 is 0 Å². The molecule has 5 aliphatic carbocycles. The van der Waals surface area contributed by atoms with Crippen molar-refractivity contribution in [2.24, 2.45) is 5.41 Å². The highest BCUT2D eigenvalue weighted by molar-refractivity contribution is 6.01. The zero-order chi connectivity index (χ0) is 22.9. The number of methoxy groups -OCH3 is 2. The fraction of sp³-hybridized carbons (Fsp3) is 0.259. The number of carboxylic acid groups (broad SMARTS) is 2. The molecule has 6 heteroatoms. The minimum Gasteiger partial charge on any atom is -0.496 e. The van der Waals surface area contributed by atoms with E-state index in [2.05, 4.69) is 30.3 Å². The predicted octanol–water partition coefficient (Wildman–Crippen LogP) is 3.46. The number of carbonyl (C=O) groups is 2. The van der Waals surface area contributed by atoms with E-state index < -0.39 is 22.8 Å². The van der Waals surface area contributed by atoms with Gasteiger partial charge in [-0.15, -0.1) is 0 Å². The van der Waals surface area contributed by atoms with Crippen molar-refractivity contribution >= 4 is 11.9 Å². The lowest BCUT2D eigenvalue weighted by Crippen LogP contribution is -2.40. The van der Waals surface area contributed by atoms with Crippen LogP contribution in [0.4, 0.5) is 0 Å². The van der Waals surface area contributed by atoms with Crippen LogP contribution < -0.4 is 9.47 Å². The molecule has 0 aromatic heterocycles. The minimum atomic E-state index is -1.94. The Hall–Kier alpha value is -3.80. The van der Waals surface area contributed by atoms with Crippen LogP contribution in [0.25, 0.3) is 0 Å². The van der Waals surface area contributed by atoms with Crippen LogP contribution in [0.15, 0.2) is 42.5 Å². The first kappa shape index (κ1) is 18.7. The van der Waals surface area contributed by atoms with E-state index in [1.165, 1.54) is 27.8 Å². The summed E-state index contributed by atoms with van der Waals surface area (Å²) in [6, 6.07) is 14.8. The summed E-state index contributed by atoms with van der Waals surface area (Å²) >= 11 is 0. The molecule has 6 nitrogen and oxygen atoms in total. The molecule has 1 spiro atoms. The van der Waals surface area contributed by atoms with Crippen molar-refractivity contribution in [1.29, 1.82) is 0 Å². The van der Waals surface area contributed by atoms with Crippen LogP contribution in [0.5, 0.6) is 11.5 Å². The molecule has 5 aliphatic rings. The Morgan fingerprint density at radius 1 is 0.818 bits per heavy atom. The fourth-order valence-electron chi connectivity index (χ4n) is 7.06. The van der Waals surface area contributed by atoms with Crippen LogP contribution in [0.2, 0.25) is 0 Å². The van der Waals surface area contributed by atoms with E-state index in [0.717, 1.165) is 11.1 Å². The van der Waals surface area contributed by atoms with Gasteiger partial charge in [0.05, 0.1) is 19.6 Å². The molecule has 0 fully saturated rings. The van der Waals surface area contributed by atoms with Crippen LogP contribution in [0.3, 0.4) is 0 Å². The van der Waals surface area contributed by atoms with Gasteiger partial charge in [-0.2, -0.15) is 0 Å². The molecular weight excluding hydrogens is 420 g/mol. The molecule has 3 aromatic rings. The Kier molecular flexibility index (Phi) is 3.16. The SMILES string of the molecule is COc1c2c(c(OC)c3c1C1c4ccccc4C34c3cccc1c34)CC(C(=O)O)(C(=O)O)C2. The standard InChI is InChI=1S/C27H20O6/c1-32-22-14-10-26(24(28)29,25(30)31)11-15(14)23(33-2)21-19(22)18-12-6-3-4-8-16(12)27(21)17-9-5-7-13(18)20(17)27/h3-9,18H,10-11H2,1-2H3,(H,28,29)(H,30,31). The van der Waals surface area contributed by atoms with Gasteiger partial charge in [0, 0.05) is 41.0 Å². The largest absolute Gasteiger partial charge is 0.496 e. The lowest BCUT2D eigenvalue weighted by Gasteiger charge is -2.42. The summed E-state index contributed by atoms with van der Waals surface area (Å²) in [7, 11) is 3.17. The Morgan fingerprint density at radius 3 is 2.09 bits per heavy atom. The topological polar surface area (TPSA) is 93.1 Å². The highest BCUT2D eigenvalue weighted by Gasteiger charge is 2.67. The van der Waals surface area contributed by atoms with Crippen LogP contribution in [0, 0.1) is 5.41 Å². The maximum absolute atomic E-state index is 12.2. The second-order valence-electron chi connectivity index (χ2n) is 9.40. The van der Waals surface area contributed by atoms with E-state index in [-0.39, 0.29) is 18.8 Å². The predicted molar refractivity (Wildman–Crippen MR) is 117 cm³/mol. The molecule has 0 saturated carbocycles. The Balaban J connectivity index is 1.62. The number of aliphatic carboxylic acids is 2. The third-order valence-electron chi connectivity index (χ3n) is 8.30. The highest BCUT2D eigenvalue weighted by atomic mass is 16.5. The quantitative estimate of drug-likeness (QED) is 0.408. The number of hydrogen-bond donors (Lipinski definition) is 2. The molecular formula is C27H20O6. The van der Waals surface area contributed by atoms with Gasteiger partial charge in [-0.1, -0.05) is 42.5 Å². The average Bonchev–Trinajstić information content (AvgIpc) is 3.30. The van der Waals surface area contributed by atoms with Crippen molar-refractivity contribution < 1.29 is 29.3 Å². The van der Waals surface area contributed by atoms with Crippen LogP contribution in [-0.2, 0) is 27.8 Å². The molecule has 2 N–H and O–H groups in total. The van der Waals surface area contributed by atoms with E-state index in [0.29, 0.717) is 22.6 Å². The zero-order valence-electron chi connectivity index (χ0n) is 18.1. The minimum absolute atomic E-state index is 0.0747. The van der Waals surface area contributed by atoms with Gasteiger partial charge in [-0.3, -0.25) is 9.59 Å². The van der Waals surface area contributed by atoms with Crippen LogP contribution in [0.1, 0.15) is 56.0 Å². The Bertz CT molecular complexity index is 1450. The van der Waals surface area contributed by atoms with Gasteiger partial charge in [0.2, 0.25) is 0 Å². The van der Waals surface area contributed by atoms with E-state index in [1.807, 2.05) is 12.1 Å². The number of hydrogen-bond acceptors (Lipinski definition) is 4. The lowest BCUT2D eigenvalue weighted by molar-refractivity contribution is -0.163. The molecule has 0 radical (unpaired) electrons. The number of benzene rings is 3. The van der Waals surface area contributed by atoms with Gasteiger partial charge in [-0.25, -0.2) is 0 Å². The number of ether oxygens (including phenoxy) is 2. The molecule has 2 bridgehead atoms. The summed E-state index contributed by atoms with van der Waals surface area (Å²) in [6.07, 6.45) is -0.267. The zero-order valence-corrected chi connectivity index (χ0v) is 18.1. The second kappa shape index (κ2) is 5.57. The molecule has 8 rings (SSSR count). The van der Waals surface area contributed by atoms with Gasteiger partial charge >= 0.3 is 11.9 Å². The van der Waals surface area contributed by atoms with Gasteiger partial charge in [0.15, 0.2) is 5.41 Å². The van der Waals surface area contributed by atoms with Gasteiger partial charge in [0.25, 0.3) is 0 Å². The summed E-state index contributed by atoms with van der Waals surface area (Å²) in [5.41, 5.74) is 7.04. The van der Waals surface area contributed by atoms with Crippen LogP contribution in [-0.4, -0.2) is 36.4 Å². The van der Waals surface area contributed by atoms with E-state index in [9.17, 15) is 19.8 Å². The summed E-state index contributed by atoms with van der Waals surface area (Å²) in [5, 5.41) is 19.9. The maximum Gasteiger partial charge on any atom is 0.321 e. The van der Waals surface area contributed by atoms with Crippen molar-refractivity contribution in [2.75, 3.05) is 14.2 Å². The maximum atomic E-state index is 12.2. The number of carboxylic acids is 2. The summed E-state index contributed by atoms with van der Waals surface area (Å²) in [5.74, 6) is -1.55. The van der Waals surface area contributed by atoms with Crippen molar-refractivity contribution in [3.8, 4) is 11.5 Å². The average molecular weight is 440 g/mol. The van der Waals surface area contributed by atoms with Crippen molar-refractivity contribution in [2.45, 2.75) is 24.2 Å². The normalized spacial score (nSPS) is 23.2. The van der Waals surface area contributed by atoms with Gasteiger partial charge in [-0.05, 0) is 27.8 Å².